The SMILES string of the molecule is CCc1c(C)[nH]c2c(O)cc(C)cc12. The summed E-state index contributed by atoms with van der Waals surface area (Å²) in [6.45, 7) is 6.18. The van der Waals surface area contributed by atoms with Gasteiger partial charge in [-0.3, -0.25) is 0 Å². The molecule has 0 aliphatic carbocycles. The number of benzene rings is 1. The van der Waals surface area contributed by atoms with Crippen molar-refractivity contribution in [3.05, 3.63) is 29.0 Å². The van der Waals surface area contributed by atoms with Crippen LogP contribution in [0.4, 0.5) is 0 Å². The molecular formula is C12H15NO. The molecule has 0 atom stereocenters. The zero-order chi connectivity index (χ0) is 10.3. The van der Waals surface area contributed by atoms with Gasteiger partial charge in [0.05, 0.1) is 5.52 Å². The molecule has 0 radical (unpaired) electrons. The van der Waals surface area contributed by atoms with E-state index in [0.717, 1.165) is 28.6 Å². The molecule has 1 heterocycles. The van der Waals surface area contributed by atoms with Crippen molar-refractivity contribution in [1.82, 2.24) is 4.98 Å². The summed E-state index contributed by atoms with van der Waals surface area (Å²) < 4.78 is 0. The van der Waals surface area contributed by atoms with E-state index >= 15 is 0 Å². The average Bonchev–Trinajstić information content (AvgIpc) is 2.41. The van der Waals surface area contributed by atoms with Gasteiger partial charge in [-0.1, -0.05) is 6.92 Å². The van der Waals surface area contributed by atoms with Crippen molar-refractivity contribution in [3.8, 4) is 5.75 Å². The lowest BCUT2D eigenvalue weighted by atomic mass is 10.1. The third-order valence-electron chi connectivity index (χ3n) is 2.71. The summed E-state index contributed by atoms with van der Waals surface area (Å²) in [5.74, 6) is 0.350. The van der Waals surface area contributed by atoms with Gasteiger partial charge in [-0.05, 0) is 43.5 Å². The number of hydrogen-bond acceptors (Lipinski definition) is 1. The molecule has 0 unspecified atom stereocenters. The second kappa shape index (κ2) is 3.05. The van der Waals surface area contributed by atoms with Gasteiger partial charge in [0.25, 0.3) is 0 Å². The number of aromatic amines is 1. The summed E-state index contributed by atoms with van der Waals surface area (Å²) in [7, 11) is 0. The number of aromatic hydroxyl groups is 1. The number of fused-ring (bicyclic) bond motifs is 1. The van der Waals surface area contributed by atoms with Crippen molar-refractivity contribution in [3.63, 3.8) is 0 Å². The molecule has 2 heteroatoms. The lowest BCUT2D eigenvalue weighted by molar-refractivity contribution is 0.480. The Morgan fingerprint density at radius 2 is 2.00 bits per heavy atom. The van der Waals surface area contributed by atoms with Crippen LogP contribution < -0.4 is 0 Å². The van der Waals surface area contributed by atoms with Crippen molar-refractivity contribution in [2.75, 3.05) is 0 Å². The second-order valence-electron chi connectivity index (χ2n) is 3.79. The number of aromatic nitrogens is 1. The lowest BCUT2D eigenvalue weighted by Gasteiger charge is -1.99. The van der Waals surface area contributed by atoms with Crippen molar-refractivity contribution < 1.29 is 5.11 Å². The Kier molecular flexibility index (Phi) is 1.99. The van der Waals surface area contributed by atoms with Gasteiger partial charge < -0.3 is 10.1 Å². The fourth-order valence-corrected chi connectivity index (χ4v) is 2.06. The molecule has 0 saturated heterocycles. The van der Waals surface area contributed by atoms with E-state index < -0.39 is 0 Å². The van der Waals surface area contributed by atoms with Gasteiger partial charge in [0.1, 0.15) is 5.75 Å². The van der Waals surface area contributed by atoms with Crippen LogP contribution in [0.2, 0.25) is 0 Å². The van der Waals surface area contributed by atoms with Crippen LogP contribution in [0.5, 0.6) is 5.75 Å². The molecule has 1 aromatic heterocycles. The minimum atomic E-state index is 0.350. The van der Waals surface area contributed by atoms with Gasteiger partial charge in [0.15, 0.2) is 0 Å². The largest absolute Gasteiger partial charge is 0.506 e. The maximum Gasteiger partial charge on any atom is 0.139 e. The van der Waals surface area contributed by atoms with Gasteiger partial charge in [0.2, 0.25) is 0 Å². The average molecular weight is 189 g/mol. The molecule has 74 valence electrons. The predicted molar refractivity (Wildman–Crippen MR) is 58.8 cm³/mol. The lowest BCUT2D eigenvalue weighted by Crippen LogP contribution is -1.81. The van der Waals surface area contributed by atoms with Crippen LogP contribution in [-0.4, -0.2) is 10.1 Å². The molecule has 0 bridgehead atoms. The Bertz CT molecular complexity index is 483. The quantitative estimate of drug-likeness (QED) is 0.710. The van der Waals surface area contributed by atoms with E-state index in [-0.39, 0.29) is 0 Å². The first-order valence-corrected chi connectivity index (χ1v) is 4.94. The number of hydrogen-bond donors (Lipinski definition) is 2. The second-order valence-corrected chi connectivity index (χ2v) is 3.79. The molecule has 0 saturated carbocycles. The highest BCUT2D eigenvalue weighted by atomic mass is 16.3. The fraction of sp³-hybridized carbons (Fsp3) is 0.333. The van der Waals surface area contributed by atoms with E-state index in [0.29, 0.717) is 5.75 Å². The molecule has 0 aliphatic rings. The van der Waals surface area contributed by atoms with Crippen molar-refractivity contribution >= 4 is 10.9 Å². The number of aryl methyl sites for hydroxylation is 3. The van der Waals surface area contributed by atoms with E-state index in [4.69, 9.17) is 0 Å². The number of phenols is 1. The van der Waals surface area contributed by atoms with Gasteiger partial charge in [-0.25, -0.2) is 0 Å². The van der Waals surface area contributed by atoms with Crippen LogP contribution in [0.3, 0.4) is 0 Å². The van der Waals surface area contributed by atoms with Crippen LogP contribution >= 0.6 is 0 Å². The van der Waals surface area contributed by atoms with E-state index in [1.165, 1.54) is 5.56 Å². The minimum absolute atomic E-state index is 0.350. The zero-order valence-corrected chi connectivity index (χ0v) is 8.81. The highest BCUT2D eigenvalue weighted by Gasteiger charge is 2.09. The Balaban J connectivity index is 2.87. The minimum Gasteiger partial charge on any atom is -0.506 e. The van der Waals surface area contributed by atoms with Crippen LogP contribution in [0.15, 0.2) is 12.1 Å². The number of rotatable bonds is 1. The van der Waals surface area contributed by atoms with E-state index in [1.807, 2.05) is 13.8 Å². The smallest absolute Gasteiger partial charge is 0.139 e. The highest BCUT2D eigenvalue weighted by molar-refractivity contribution is 5.90. The Morgan fingerprint density at radius 3 is 2.64 bits per heavy atom. The first-order valence-electron chi connectivity index (χ1n) is 4.94. The topological polar surface area (TPSA) is 36.0 Å². The zero-order valence-electron chi connectivity index (χ0n) is 8.81. The fourth-order valence-electron chi connectivity index (χ4n) is 2.06. The molecule has 14 heavy (non-hydrogen) atoms. The van der Waals surface area contributed by atoms with Gasteiger partial charge in [-0.15, -0.1) is 0 Å². The van der Waals surface area contributed by atoms with Crippen molar-refractivity contribution in [2.24, 2.45) is 0 Å². The molecule has 2 nitrogen and oxygen atoms in total. The maximum absolute atomic E-state index is 9.75. The van der Waals surface area contributed by atoms with Crippen molar-refractivity contribution in [1.29, 1.82) is 0 Å². The van der Waals surface area contributed by atoms with Gasteiger partial charge in [0, 0.05) is 11.1 Å². The molecule has 0 amide bonds. The Labute approximate surface area is 83.6 Å². The molecule has 0 fully saturated rings. The summed E-state index contributed by atoms with van der Waals surface area (Å²) in [6.07, 6.45) is 0.995. The molecule has 2 aromatic rings. The third kappa shape index (κ3) is 1.18. The molecule has 0 aliphatic heterocycles. The Hall–Kier alpha value is -1.44. The van der Waals surface area contributed by atoms with Crippen LogP contribution in [0.25, 0.3) is 10.9 Å². The highest BCUT2D eigenvalue weighted by Crippen LogP contribution is 2.30. The van der Waals surface area contributed by atoms with Crippen molar-refractivity contribution in [2.45, 2.75) is 27.2 Å². The van der Waals surface area contributed by atoms with E-state index in [2.05, 4.69) is 18.0 Å². The summed E-state index contributed by atoms with van der Waals surface area (Å²) >= 11 is 0. The van der Waals surface area contributed by atoms with E-state index in [9.17, 15) is 5.11 Å². The number of H-pyrrole nitrogens is 1. The predicted octanol–water partition coefficient (Wildman–Crippen LogP) is 3.05. The molecule has 2 rings (SSSR count). The molecule has 0 spiro atoms. The summed E-state index contributed by atoms with van der Waals surface area (Å²) in [5, 5.41) is 10.9. The normalized spacial score (nSPS) is 11.1. The van der Waals surface area contributed by atoms with Crippen LogP contribution in [0, 0.1) is 13.8 Å². The molecule has 1 aromatic carbocycles. The van der Waals surface area contributed by atoms with Crippen LogP contribution in [-0.2, 0) is 6.42 Å². The molecular weight excluding hydrogens is 174 g/mol. The summed E-state index contributed by atoms with van der Waals surface area (Å²) in [4.78, 5) is 3.22. The Morgan fingerprint density at radius 1 is 1.29 bits per heavy atom. The first kappa shape index (κ1) is 9.13. The first-order chi connectivity index (χ1) is 6.63. The number of nitrogens with one attached hydrogen (secondary N) is 1. The van der Waals surface area contributed by atoms with E-state index in [1.54, 1.807) is 6.07 Å². The maximum atomic E-state index is 9.75. The standard InChI is InChI=1S/C12H15NO/c1-4-9-8(3)13-12-10(9)5-7(2)6-11(12)14/h5-6,13-14H,4H2,1-3H3. The van der Waals surface area contributed by atoms with Crippen LogP contribution in [0.1, 0.15) is 23.7 Å². The third-order valence-corrected chi connectivity index (χ3v) is 2.71. The molecule has 2 N–H and O–H groups in total. The van der Waals surface area contributed by atoms with Gasteiger partial charge >= 0.3 is 0 Å². The summed E-state index contributed by atoms with van der Waals surface area (Å²) in [5.41, 5.74) is 4.43. The monoisotopic (exact) mass is 189 g/mol. The number of phenolic OH excluding ortho intramolecular Hbond substituents is 1. The summed E-state index contributed by atoms with van der Waals surface area (Å²) in [6, 6.07) is 3.91. The van der Waals surface area contributed by atoms with Gasteiger partial charge in [-0.2, -0.15) is 0 Å².